The molecule has 0 unspecified atom stereocenters. The van der Waals surface area contributed by atoms with Crippen molar-refractivity contribution < 1.29 is 0 Å². The molecule has 0 fully saturated rings. The average Bonchev–Trinajstić information content (AvgIpc) is 2.28. The summed E-state index contributed by atoms with van der Waals surface area (Å²) in [5.74, 6) is 0. The topological polar surface area (TPSA) is 28.2 Å². The lowest BCUT2D eigenvalue weighted by Gasteiger charge is -2.20. The van der Waals surface area contributed by atoms with E-state index in [9.17, 15) is 0 Å². The van der Waals surface area contributed by atoms with E-state index >= 15 is 0 Å². The first-order valence-electron chi connectivity index (χ1n) is 6.46. The van der Waals surface area contributed by atoms with E-state index in [-0.39, 0.29) is 0 Å². The summed E-state index contributed by atoms with van der Waals surface area (Å²) in [4.78, 5) is 6.57. The maximum atomic E-state index is 4.18. The molecule has 0 amide bonds. The van der Waals surface area contributed by atoms with Crippen molar-refractivity contribution in [2.45, 2.75) is 39.7 Å². The fourth-order valence-corrected chi connectivity index (χ4v) is 1.63. The summed E-state index contributed by atoms with van der Waals surface area (Å²) in [6.45, 7) is 8.70. The van der Waals surface area contributed by atoms with Gasteiger partial charge in [-0.05, 0) is 59.3 Å². The van der Waals surface area contributed by atoms with Gasteiger partial charge in [-0.3, -0.25) is 4.98 Å². The molecule has 3 heteroatoms. The third-order valence-electron chi connectivity index (χ3n) is 3.04. The maximum Gasteiger partial charge on any atom is 0.0393 e. The molecule has 1 aromatic heterocycles. The number of aryl methyl sites for hydroxylation is 1. The van der Waals surface area contributed by atoms with Crippen molar-refractivity contribution in [3.05, 3.63) is 24.0 Å². The third-order valence-corrected chi connectivity index (χ3v) is 3.04. The molecule has 0 aliphatic carbocycles. The van der Waals surface area contributed by atoms with E-state index in [0.717, 1.165) is 12.2 Å². The van der Waals surface area contributed by atoms with Gasteiger partial charge in [-0.1, -0.05) is 0 Å². The number of pyridine rings is 1. The van der Waals surface area contributed by atoms with Crippen molar-refractivity contribution in [1.82, 2.24) is 9.88 Å². The Bertz CT molecular complexity index is 323. The van der Waals surface area contributed by atoms with Crippen LogP contribution in [0.25, 0.3) is 0 Å². The molecule has 96 valence electrons. The van der Waals surface area contributed by atoms with E-state index in [2.05, 4.69) is 42.2 Å². The normalized spacial score (nSPS) is 11.2. The number of rotatable bonds is 7. The van der Waals surface area contributed by atoms with Gasteiger partial charge in [0.2, 0.25) is 0 Å². The standard InChI is InChI=1S/C14H25N3/c1-12(2)17(4)10-6-5-8-16-14-7-9-15-13(3)11-14/h7,9,11-12H,5-6,8,10H2,1-4H3,(H,15,16). The Morgan fingerprint density at radius 2 is 2.12 bits per heavy atom. The van der Waals surface area contributed by atoms with Crippen LogP contribution in [0, 0.1) is 6.92 Å². The minimum absolute atomic E-state index is 0.644. The van der Waals surface area contributed by atoms with Gasteiger partial charge in [0, 0.05) is 30.2 Å². The van der Waals surface area contributed by atoms with Gasteiger partial charge in [0.05, 0.1) is 0 Å². The first kappa shape index (κ1) is 14.0. The zero-order chi connectivity index (χ0) is 12.7. The molecule has 1 N–H and O–H groups in total. The summed E-state index contributed by atoms with van der Waals surface area (Å²) >= 11 is 0. The Morgan fingerprint density at radius 3 is 2.76 bits per heavy atom. The minimum Gasteiger partial charge on any atom is -0.385 e. The number of hydrogen-bond acceptors (Lipinski definition) is 3. The second-order valence-corrected chi connectivity index (χ2v) is 4.89. The molecule has 0 bridgehead atoms. The first-order valence-corrected chi connectivity index (χ1v) is 6.46. The zero-order valence-corrected chi connectivity index (χ0v) is 11.5. The largest absolute Gasteiger partial charge is 0.385 e. The SMILES string of the molecule is Cc1cc(NCCCCN(C)C(C)C)ccn1. The van der Waals surface area contributed by atoms with Gasteiger partial charge in [-0.2, -0.15) is 0 Å². The predicted octanol–water partition coefficient (Wildman–Crippen LogP) is 2.92. The van der Waals surface area contributed by atoms with E-state index in [1.54, 1.807) is 0 Å². The predicted molar refractivity (Wildman–Crippen MR) is 74.5 cm³/mol. The van der Waals surface area contributed by atoms with Gasteiger partial charge in [-0.25, -0.2) is 0 Å². The van der Waals surface area contributed by atoms with Gasteiger partial charge in [0.15, 0.2) is 0 Å². The van der Waals surface area contributed by atoms with E-state index in [0.29, 0.717) is 6.04 Å². The van der Waals surface area contributed by atoms with E-state index in [1.165, 1.54) is 25.1 Å². The van der Waals surface area contributed by atoms with Crippen LogP contribution in [0.3, 0.4) is 0 Å². The molecule has 0 aliphatic rings. The molecule has 17 heavy (non-hydrogen) atoms. The summed E-state index contributed by atoms with van der Waals surface area (Å²) in [5.41, 5.74) is 2.24. The molecular formula is C14H25N3. The molecule has 1 heterocycles. The van der Waals surface area contributed by atoms with Crippen LogP contribution in [-0.2, 0) is 0 Å². The van der Waals surface area contributed by atoms with Crippen molar-refractivity contribution >= 4 is 5.69 Å². The fraction of sp³-hybridized carbons (Fsp3) is 0.643. The highest BCUT2D eigenvalue weighted by molar-refractivity contribution is 5.42. The van der Waals surface area contributed by atoms with Crippen LogP contribution in [0.15, 0.2) is 18.3 Å². The van der Waals surface area contributed by atoms with E-state index in [1.807, 2.05) is 19.2 Å². The quantitative estimate of drug-likeness (QED) is 0.737. The summed E-state index contributed by atoms with van der Waals surface area (Å²) < 4.78 is 0. The average molecular weight is 235 g/mol. The van der Waals surface area contributed by atoms with Crippen molar-refractivity contribution in [3.8, 4) is 0 Å². The highest BCUT2D eigenvalue weighted by atomic mass is 15.1. The molecule has 0 aliphatic heterocycles. The summed E-state index contributed by atoms with van der Waals surface area (Å²) in [6.07, 6.45) is 4.30. The molecule has 1 aromatic rings. The molecular weight excluding hydrogens is 210 g/mol. The van der Waals surface area contributed by atoms with Crippen LogP contribution in [0.4, 0.5) is 5.69 Å². The molecule has 0 radical (unpaired) electrons. The van der Waals surface area contributed by atoms with Gasteiger partial charge in [-0.15, -0.1) is 0 Å². The second-order valence-electron chi connectivity index (χ2n) is 4.89. The van der Waals surface area contributed by atoms with Crippen LogP contribution in [0.5, 0.6) is 0 Å². The Labute approximate surface area is 105 Å². The zero-order valence-electron chi connectivity index (χ0n) is 11.5. The molecule has 0 spiro atoms. The summed E-state index contributed by atoms with van der Waals surface area (Å²) in [5, 5.41) is 3.43. The number of aromatic nitrogens is 1. The number of unbranched alkanes of at least 4 members (excludes halogenated alkanes) is 1. The third kappa shape index (κ3) is 5.68. The molecule has 0 atom stereocenters. The molecule has 0 aromatic carbocycles. The number of anilines is 1. The second kappa shape index (κ2) is 7.28. The van der Waals surface area contributed by atoms with Crippen molar-refractivity contribution in [3.63, 3.8) is 0 Å². The lowest BCUT2D eigenvalue weighted by molar-refractivity contribution is 0.269. The summed E-state index contributed by atoms with van der Waals surface area (Å²) in [6, 6.07) is 4.75. The van der Waals surface area contributed by atoms with E-state index < -0.39 is 0 Å². The van der Waals surface area contributed by atoms with Crippen LogP contribution >= 0.6 is 0 Å². The Balaban J connectivity index is 2.12. The molecule has 3 nitrogen and oxygen atoms in total. The van der Waals surface area contributed by atoms with Crippen molar-refractivity contribution in [2.24, 2.45) is 0 Å². The molecule has 0 saturated carbocycles. The number of hydrogen-bond donors (Lipinski definition) is 1. The highest BCUT2D eigenvalue weighted by Gasteiger charge is 2.01. The molecule has 0 saturated heterocycles. The first-order chi connectivity index (χ1) is 8.09. The molecule has 1 rings (SSSR count). The van der Waals surface area contributed by atoms with Gasteiger partial charge < -0.3 is 10.2 Å². The smallest absolute Gasteiger partial charge is 0.0393 e. The minimum atomic E-state index is 0.644. The van der Waals surface area contributed by atoms with Crippen LogP contribution in [0.1, 0.15) is 32.4 Å². The van der Waals surface area contributed by atoms with Crippen molar-refractivity contribution in [1.29, 1.82) is 0 Å². The lowest BCUT2D eigenvalue weighted by atomic mass is 10.2. The Morgan fingerprint density at radius 1 is 1.35 bits per heavy atom. The Kier molecular flexibility index (Phi) is 5.98. The fourth-order valence-electron chi connectivity index (χ4n) is 1.63. The van der Waals surface area contributed by atoms with E-state index in [4.69, 9.17) is 0 Å². The van der Waals surface area contributed by atoms with Gasteiger partial charge in [0.25, 0.3) is 0 Å². The Hall–Kier alpha value is -1.09. The number of nitrogens with zero attached hydrogens (tertiary/aromatic N) is 2. The monoisotopic (exact) mass is 235 g/mol. The highest BCUT2D eigenvalue weighted by Crippen LogP contribution is 2.07. The van der Waals surface area contributed by atoms with Crippen LogP contribution in [0.2, 0.25) is 0 Å². The van der Waals surface area contributed by atoms with Crippen LogP contribution < -0.4 is 5.32 Å². The van der Waals surface area contributed by atoms with Crippen molar-refractivity contribution in [2.75, 3.05) is 25.5 Å². The number of nitrogens with one attached hydrogen (secondary N) is 1. The van der Waals surface area contributed by atoms with Gasteiger partial charge in [0.1, 0.15) is 0 Å². The lowest BCUT2D eigenvalue weighted by Crippen LogP contribution is -2.27. The maximum absolute atomic E-state index is 4.18. The van der Waals surface area contributed by atoms with Gasteiger partial charge >= 0.3 is 0 Å². The van der Waals surface area contributed by atoms with Crippen LogP contribution in [-0.4, -0.2) is 36.1 Å². The summed E-state index contributed by atoms with van der Waals surface area (Å²) in [7, 11) is 2.18.